The number of nitrogens with one attached hydrogen (secondary N) is 1. The van der Waals surface area contributed by atoms with Gasteiger partial charge in [-0.1, -0.05) is 17.4 Å². The van der Waals surface area contributed by atoms with E-state index in [-0.39, 0.29) is 18.0 Å². The highest BCUT2D eigenvalue weighted by atomic mass is 32.1. The van der Waals surface area contributed by atoms with E-state index in [9.17, 15) is 9.59 Å². The van der Waals surface area contributed by atoms with E-state index in [2.05, 4.69) is 20.3 Å². The predicted molar refractivity (Wildman–Crippen MR) is 127 cm³/mol. The van der Waals surface area contributed by atoms with Gasteiger partial charge in [0.15, 0.2) is 16.4 Å². The largest absolute Gasteiger partial charge is 0.463 e. The van der Waals surface area contributed by atoms with E-state index in [1.54, 1.807) is 18.4 Å². The Kier molecular flexibility index (Phi) is 5.69. The number of hydrogen-bond donors (Lipinski definition) is 1. The van der Waals surface area contributed by atoms with Gasteiger partial charge < -0.3 is 19.4 Å². The normalized spacial score (nSPS) is 14.1. The predicted octanol–water partition coefficient (Wildman–Crippen LogP) is 3.21. The Bertz CT molecular complexity index is 1350. The van der Waals surface area contributed by atoms with Gasteiger partial charge in [-0.15, -0.1) is 0 Å². The quantitative estimate of drug-likeness (QED) is 0.483. The zero-order valence-corrected chi connectivity index (χ0v) is 19.1. The van der Waals surface area contributed by atoms with Crippen LogP contribution in [0.1, 0.15) is 11.1 Å². The van der Waals surface area contributed by atoms with E-state index in [4.69, 9.17) is 9.15 Å². The fourth-order valence-electron chi connectivity index (χ4n) is 3.90. The number of carbonyl (C=O) groups is 1. The fourth-order valence-corrected chi connectivity index (χ4v) is 5.00. The molecular formula is C23H23N5O4S. The first-order valence-electron chi connectivity index (χ1n) is 10.6. The standard InChI is InChI=1S/C23H23N5O4S/c1-14-10-15(2)12-16(11-14)24-18(29)13-28-22(30)20-21(19(26-28)17-4-3-7-32-17)33-23(25-20)27-5-8-31-9-6-27/h3-4,7,10-12H,5-6,8-9,13H2,1-2H3,(H,24,29). The number of thiazole rings is 1. The van der Waals surface area contributed by atoms with Crippen molar-refractivity contribution in [3.05, 3.63) is 58.1 Å². The lowest BCUT2D eigenvalue weighted by Crippen LogP contribution is -2.36. The van der Waals surface area contributed by atoms with Crippen molar-refractivity contribution in [1.82, 2.24) is 14.8 Å². The highest BCUT2D eigenvalue weighted by molar-refractivity contribution is 7.22. The molecule has 1 aliphatic heterocycles. The smallest absolute Gasteiger partial charge is 0.294 e. The first-order valence-corrected chi connectivity index (χ1v) is 11.5. The average molecular weight is 466 g/mol. The van der Waals surface area contributed by atoms with Crippen molar-refractivity contribution in [3.63, 3.8) is 0 Å². The number of aryl methyl sites for hydroxylation is 2. The van der Waals surface area contributed by atoms with Crippen LogP contribution in [0.25, 0.3) is 21.7 Å². The molecule has 1 aliphatic rings. The molecule has 5 rings (SSSR count). The van der Waals surface area contributed by atoms with Crippen molar-refractivity contribution in [3.8, 4) is 11.5 Å². The summed E-state index contributed by atoms with van der Waals surface area (Å²) in [6.45, 7) is 6.33. The van der Waals surface area contributed by atoms with Gasteiger partial charge in [0.05, 0.1) is 24.2 Å². The van der Waals surface area contributed by atoms with Gasteiger partial charge in [0.2, 0.25) is 5.91 Å². The van der Waals surface area contributed by atoms with Crippen molar-refractivity contribution in [1.29, 1.82) is 0 Å². The van der Waals surface area contributed by atoms with Crippen LogP contribution in [-0.2, 0) is 16.1 Å². The summed E-state index contributed by atoms with van der Waals surface area (Å²) in [7, 11) is 0. The number of carbonyl (C=O) groups excluding carboxylic acids is 1. The van der Waals surface area contributed by atoms with E-state index in [1.807, 2.05) is 32.0 Å². The summed E-state index contributed by atoms with van der Waals surface area (Å²) < 4.78 is 12.8. The maximum absolute atomic E-state index is 13.2. The van der Waals surface area contributed by atoms with Gasteiger partial charge in [0.25, 0.3) is 5.56 Å². The molecule has 0 unspecified atom stereocenters. The van der Waals surface area contributed by atoms with Gasteiger partial charge in [0, 0.05) is 18.8 Å². The van der Waals surface area contributed by atoms with Crippen molar-refractivity contribution < 1.29 is 13.9 Å². The summed E-state index contributed by atoms with van der Waals surface area (Å²) in [4.78, 5) is 32.7. The maximum atomic E-state index is 13.2. The second-order valence-corrected chi connectivity index (χ2v) is 8.96. The zero-order valence-electron chi connectivity index (χ0n) is 18.3. The van der Waals surface area contributed by atoms with Crippen LogP contribution in [-0.4, -0.2) is 47.0 Å². The van der Waals surface area contributed by atoms with Gasteiger partial charge in [0.1, 0.15) is 12.2 Å². The van der Waals surface area contributed by atoms with Crippen LogP contribution in [0.4, 0.5) is 10.8 Å². The Morgan fingerprint density at radius 1 is 1.18 bits per heavy atom. The molecule has 33 heavy (non-hydrogen) atoms. The van der Waals surface area contributed by atoms with Crippen molar-refractivity contribution in [2.75, 3.05) is 36.5 Å². The first kappa shape index (κ1) is 21.4. The molecule has 9 nitrogen and oxygen atoms in total. The zero-order chi connectivity index (χ0) is 22.9. The number of aromatic nitrogens is 3. The Balaban J connectivity index is 1.52. The third-order valence-corrected chi connectivity index (χ3v) is 6.45. The summed E-state index contributed by atoms with van der Waals surface area (Å²) in [5.74, 6) is 0.170. The average Bonchev–Trinajstić information content (AvgIpc) is 3.46. The minimum absolute atomic E-state index is 0.236. The number of rotatable bonds is 5. The molecule has 4 aromatic rings. The number of hydrogen-bond acceptors (Lipinski definition) is 8. The summed E-state index contributed by atoms with van der Waals surface area (Å²) >= 11 is 1.40. The van der Waals surface area contributed by atoms with Gasteiger partial charge in [-0.3, -0.25) is 9.59 Å². The second kappa shape index (κ2) is 8.80. The molecule has 0 radical (unpaired) electrons. The highest BCUT2D eigenvalue weighted by Gasteiger charge is 2.23. The molecule has 1 amide bonds. The van der Waals surface area contributed by atoms with E-state index in [1.165, 1.54) is 11.3 Å². The van der Waals surface area contributed by atoms with Crippen molar-refractivity contribution in [2.24, 2.45) is 0 Å². The summed E-state index contributed by atoms with van der Waals surface area (Å²) in [6.07, 6.45) is 1.55. The van der Waals surface area contributed by atoms with Crippen molar-refractivity contribution in [2.45, 2.75) is 20.4 Å². The summed E-state index contributed by atoms with van der Waals surface area (Å²) in [5, 5.41) is 8.09. The van der Waals surface area contributed by atoms with E-state index >= 15 is 0 Å². The van der Waals surface area contributed by atoms with E-state index < -0.39 is 5.56 Å². The van der Waals surface area contributed by atoms with Gasteiger partial charge in [-0.05, 0) is 49.2 Å². The number of amides is 1. The van der Waals surface area contributed by atoms with Gasteiger partial charge in [-0.2, -0.15) is 5.10 Å². The maximum Gasteiger partial charge on any atom is 0.294 e. The third kappa shape index (κ3) is 4.39. The molecule has 0 atom stereocenters. The van der Waals surface area contributed by atoms with Crippen LogP contribution in [0.2, 0.25) is 0 Å². The minimum Gasteiger partial charge on any atom is -0.463 e. The SMILES string of the molecule is Cc1cc(C)cc(NC(=O)Cn2nc(-c3ccco3)c3sc(N4CCOCC4)nc3c2=O)c1. The lowest BCUT2D eigenvalue weighted by molar-refractivity contribution is -0.117. The monoisotopic (exact) mass is 465 g/mol. The molecule has 0 aliphatic carbocycles. The van der Waals surface area contributed by atoms with Crippen LogP contribution in [0, 0.1) is 13.8 Å². The number of benzene rings is 1. The molecular weight excluding hydrogens is 442 g/mol. The number of morpholine rings is 1. The molecule has 0 bridgehead atoms. The molecule has 1 saturated heterocycles. The molecule has 0 spiro atoms. The van der Waals surface area contributed by atoms with Crippen LogP contribution < -0.4 is 15.8 Å². The molecule has 1 N–H and O–H groups in total. The van der Waals surface area contributed by atoms with E-state index in [0.29, 0.717) is 48.1 Å². The van der Waals surface area contributed by atoms with E-state index in [0.717, 1.165) is 20.9 Å². The highest BCUT2D eigenvalue weighted by Crippen LogP contribution is 2.34. The van der Waals surface area contributed by atoms with Crippen LogP contribution in [0.5, 0.6) is 0 Å². The Hall–Kier alpha value is -3.50. The Morgan fingerprint density at radius 2 is 1.94 bits per heavy atom. The fraction of sp³-hybridized carbons (Fsp3) is 0.304. The molecule has 3 aromatic heterocycles. The lowest BCUT2D eigenvalue weighted by Gasteiger charge is -2.25. The second-order valence-electron chi connectivity index (χ2n) is 7.99. The molecule has 170 valence electrons. The molecule has 1 fully saturated rings. The van der Waals surface area contributed by atoms with Gasteiger partial charge in [-0.25, -0.2) is 9.67 Å². The number of nitrogens with zero attached hydrogens (tertiary/aromatic N) is 4. The molecule has 4 heterocycles. The first-order chi connectivity index (χ1) is 16.0. The summed E-state index contributed by atoms with van der Waals surface area (Å²) in [6, 6.07) is 9.33. The minimum atomic E-state index is -0.411. The van der Waals surface area contributed by atoms with Crippen LogP contribution >= 0.6 is 11.3 Å². The Morgan fingerprint density at radius 3 is 2.64 bits per heavy atom. The lowest BCUT2D eigenvalue weighted by atomic mass is 10.1. The number of ether oxygens (including phenoxy) is 1. The van der Waals surface area contributed by atoms with Gasteiger partial charge >= 0.3 is 0 Å². The van der Waals surface area contributed by atoms with Crippen molar-refractivity contribution >= 4 is 38.3 Å². The summed E-state index contributed by atoms with van der Waals surface area (Å²) in [5.41, 5.74) is 3.13. The topological polar surface area (TPSA) is 102 Å². The number of anilines is 2. The third-order valence-electron chi connectivity index (χ3n) is 5.32. The van der Waals surface area contributed by atoms with Crippen LogP contribution in [0.15, 0.2) is 45.8 Å². The molecule has 10 heteroatoms. The van der Waals surface area contributed by atoms with Crippen LogP contribution in [0.3, 0.4) is 0 Å². The number of fused-ring (bicyclic) bond motifs is 1. The number of furan rings is 1. The molecule has 1 aromatic carbocycles. The Labute approximate surface area is 193 Å². The molecule has 0 saturated carbocycles.